The fourth-order valence-corrected chi connectivity index (χ4v) is 3.34. The highest BCUT2D eigenvalue weighted by Gasteiger charge is 2.16. The maximum atomic E-state index is 12.0. The van der Waals surface area contributed by atoms with Gasteiger partial charge in [-0.2, -0.15) is 0 Å². The number of benzene rings is 1. The van der Waals surface area contributed by atoms with Crippen molar-refractivity contribution >= 4 is 34.9 Å². The standard InChI is InChI=1S/C17H17ClN4O3S/c1-8-5-12(6-9(2)14(8)18)24-7-13(23)20-17-22-21-16(25-17)15-10(3)19-11(4)26-15/h5-6H,7H2,1-4H3,(H,20,22,23). The molecule has 0 aliphatic heterocycles. The summed E-state index contributed by atoms with van der Waals surface area (Å²) in [6.07, 6.45) is 0. The molecule has 9 heteroatoms. The summed E-state index contributed by atoms with van der Waals surface area (Å²) in [6.45, 7) is 7.34. The molecule has 2 heterocycles. The molecule has 0 spiro atoms. The SMILES string of the molecule is Cc1nc(C)c(-c2nnc(NC(=O)COc3cc(C)c(Cl)c(C)c3)o2)s1. The predicted molar refractivity (Wildman–Crippen MR) is 99.9 cm³/mol. The number of amides is 1. The Morgan fingerprint density at radius 3 is 2.54 bits per heavy atom. The van der Waals surface area contributed by atoms with E-state index in [0.29, 0.717) is 16.7 Å². The lowest BCUT2D eigenvalue weighted by Gasteiger charge is -2.09. The molecule has 136 valence electrons. The molecule has 0 aliphatic rings. The van der Waals surface area contributed by atoms with Crippen LogP contribution in [-0.4, -0.2) is 27.7 Å². The van der Waals surface area contributed by atoms with Gasteiger partial charge in [0.1, 0.15) is 10.6 Å². The van der Waals surface area contributed by atoms with Crippen molar-refractivity contribution in [2.45, 2.75) is 27.7 Å². The highest BCUT2D eigenvalue weighted by molar-refractivity contribution is 7.15. The smallest absolute Gasteiger partial charge is 0.322 e. The topological polar surface area (TPSA) is 90.1 Å². The van der Waals surface area contributed by atoms with Gasteiger partial charge in [-0.3, -0.25) is 10.1 Å². The summed E-state index contributed by atoms with van der Waals surface area (Å²) in [4.78, 5) is 17.1. The molecule has 1 amide bonds. The number of ether oxygens (including phenoxy) is 1. The lowest BCUT2D eigenvalue weighted by molar-refractivity contribution is -0.118. The Hall–Kier alpha value is -2.45. The molecule has 0 bridgehead atoms. The van der Waals surface area contributed by atoms with Crippen LogP contribution in [-0.2, 0) is 4.79 Å². The zero-order chi connectivity index (χ0) is 18.8. The van der Waals surface area contributed by atoms with Gasteiger partial charge in [0.05, 0.1) is 10.7 Å². The number of thiazole rings is 1. The van der Waals surface area contributed by atoms with Crippen LogP contribution in [0.2, 0.25) is 5.02 Å². The minimum absolute atomic E-state index is 0.0162. The average Bonchev–Trinajstić information content (AvgIpc) is 3.16. The number of carbonyl (C=O) groups excluding carboxylic acids is 1. The third kappa shape index (κ3) is 4.03. The van der Waals surface area contributed by atoms with Crippen molar-refractivity contribution in [3.05, 3.63) is 39.0 Å². The van der Waals surface area contributed by atoms with Crippen LogP contribution in [0.15, 0.2) is 16.5 Å². The Balaban J connectivity index is 1.61. The van der Waals surface area contributed by atoms with Crippen LogP contribution in [0.3, 0.4) is 0 Å². The second kappa shape index (κ2) is 7.43. The summed E-state index contributed by atoms with van der Waals surface area (Å²) < 4.78 is 11.0. The van der Waals surface area contributed by atoms with E-state index in [9.17, 15) is 4.79 Å². The lowest BCUT2D eigenvalue weighted by Crippen LogP contribution is -2.20. The van der Waals surface area contributed by atoms with Crippen LogP contribution in [0.4, 0.5) is 6.01 Å². The molecular formula is C17H17ClN4O3S. The molecule has 1 aromatic carbocycles. The van der Waals surface area contributed by atoms with Crippen molar-refractivity contribution in [3.63, 3.8) is 0 Å². The number of rotatable bonds is 5. The Kier molecular flexibility index (Phi) is 5.24. The molecule has 0 aliphatic carbocycles. The predicted octanol–water partition coefficient (Wildman–Crippen LogP) is 4.10. The number of halogens is 1. The number of nitrogens with zero attached hydrogens (tertiary/aromatic N) is 3. The molecule has 0 radical (unpaired) electrons. The lowest BCUT2D eigenvalue weighted by atomic mass is 10.1. The van der Waals surface area contributed by atoms with Gasteiger partial charge in [0.15, 0.2) is 6.61 Å². The van der Waals surface area contributed by atoms with E-state index in [4.69, 9.17) is 20.8 Å². The number of hydrogen-bond donors (Lipinski definition) is 1. The second-order valence-corrected chi connectivity index (χ2v) is 7.35. The first-order chi connectivity index (χ1) is 12.3. The summed E-state index contributed by atoms with van der Waals surface area (Å²) in [5, 5.41) is 11.9. The molecule has 0 saturated heterocycles. The van der Waals surface area contributed by atoms with Crippen LogP contribution < -0.4 is 10.1 Å². The fourth-order valence-electron chi connectivity index (χ4n) is 2.39. The number of hydrogen-bond acceptors (Lipinski definition) is 7. The van der Waals surface area contributed by atoms with E-state index in [1.54, 1.807) is 12.1 Å². The Morgan fingerprint density at radius 1 is 1.23 bits per heavy atom. The summed E-state index contributed by atoms with van der Waals surface area (Å²) in [7, 11) is 0. The molecule has 2 aromatic heterocycles. The summed E-state index contributed by atoms with van der Waals surface area (Å²) in [5.74, 6) is 0.498. The van der Waals surface area contributed by atoms with Gasteiger partial charge in [0.2, 0.25) is 0 Å². The molecule has 7 nitrogen and oxygen atoms in total. The van der Waals surface area contributed by atoms with Crippen LogP contribution in [0.1, 0.15) is 21.8 Å². The van der Waals surface area contributed by atoms with Crippen molar-refractivity contribution in [2.75, 3.05) is 11.9 Å². The molecule has 3 aromatic rings. The van der Waals surface area contributed by atoms with Crippen LogP contribution in [0.5, 0.6) is 5.75 Å². The molecule has 26 heavy (non-hydrogen) atoms. The number of aryl methyl sites for hydroxylation is 4. The van der Waals surface area contributed by atoms with Crippen molar-refractivity contribution in [1.29, 1.82) is 0 Å². The van der Waals surface area contributed by atoms with Gasteiger partial charge in [-0.05, 0) is 51.0 Å². The summed E-state index contributed by atoms with van der Waals surface area (Å²) >= 11 is 7.57. The first-order valence-electron chi connectivity index (χ1n) is 7.81. The zero-order valence-corrected chi connectivity index (χ0v) is 16.3. The Labute approximate surface area is 159 Å². The van der Waals surface area contributed by atoms with Gasteiger partial charge >= 0.3 is 6.01 Å². The normalized spacial score (nSPS) is 10.8. The zero-order valence-electron chi connectivity index (χ0n) is 14.7. The average molecular weight is 393 g/mol. The second-order valence-electron chi connectivity index (χ2n) is 5.77. The van der Waals surface area contributed by atoms with Crippen molar-refractivity contribution < 1.29 is 13.9 Å². The minimum Gasteiger partial charge on any atom is -0.484 e. The third-order valence-corrected chi connectivity index (χ3v) is 5.21. The number of nitrogens with one attached hydrogen (secondary N) is 1. The first-order valence-corrected chi connectivity index (χ1v) is 9.00. The number of carbonyl (C=O) groups is 1. The van der Waals surface area contributed by atoms with E-state index >= 15 is 0 Å². The number of anilines is 1. The molecule has 0 saturated carbocycles. The monoisotopic (exact) mass is 392 g/mol. The summed E-state index contributed by atoms with van der Waals surface area (Å²) in [6, 6.07) is 3.58. The van der Waals surface area contributed by atoms with Gasteiger partial charge < -0.3 is 9.15 Å². The summed E-state index contributed by atoms with van der Waals surface area (Å²) in [5.41, 5.74) is 2.59. The van der Waals surface area contributed by atoms with Gasteiger partial charge in [0.25, 0.3) is 11.8 Å². The van der Waals surface area contributed by atoms with E-state index in [0.717, 1.165) is 26.7 Å². The minimum atomic E-state index is -0.400. The molecule has 0 unspecified atom stereocenters. The first kappa shape index (κ1) is 18.3. The van der Waals surface area contributed by atoms with Gasteiger partial charge in [-0.1, -0.05) is 16.7 Å². The van der Waals surface area contributed by atoms with E-state index in [2.05, 4.69) is 20.5 Å². The van der Waals surface area contributed by atoms with E-state index in [1.807, 2.05) is 27.7 Å². The molecule has 0 fully saturated rings. The fraction of sp³-hybridized carbons (Fsp3) is 0.294. The van der Waals surface area contributed by atoms with Gasteiger partial charge in [-0.25, -0.2) is 4.98 Å². The van der Waals surface area contributed by atoms with E-state index < -0.39 is 5.91 Å². The van der Waals surface area contributed by atoms with Crippen LogP contribution in [0, 0.1) is 27.7 Å². The van der Waals surface area contributed by atoms with Crippen molar-refractivity contribution in [3.8, 4) is 16.5 Å². The van der Waals surface area contributed by atoms with Crippen molar-refractivity contribution in [2.24, 2.45) is 0 Å². The Bertz CT molecular complexity index is 944. The molecule has 3 rings (SSSR count). The maximum Gasteiger partial charge on any atom is 0.322 e. The van der Waals surface area contributed by atoms with Gasteiger partial charge in [0, 0.05) is 5.02 Å². The largest absolute Gasteiger partial charge is 0.484 e. The Morgan fingerprint density at radius 2 is 1.92 bits per heavy atom. The van der Waals surface area contributed by atoms with Crippen LogP contribution >= 0.6 is 22.9 Å². The number of aromatic nitrogens is 3. The molecular weight excluding hydrogens is 376 g/mol. The molecule has 0 atom stereocenters. The van der Waals surface area contributed by atoms with Crippen LogP contribution in [0.25, 0.3) is 10.8 Å². The highest BCUT2D eigenvalue weighted by Crippen LogP contribution is 2.29. The highest BCUT2D eigenvalue weighted by atomic mass is 35.5. The molecule has 1 N–H and O–H groups in total. The van der Waals surface area contributed by atoms with E-state index in [1.165, 1.54) is 11.3 Å². The van der Waals surface area contributed by atoms with E-state index in [-0.39, 0.29) is 12.6 Å². The van der Waals surface area contributed by atoms with Crippen molar-refractivity contribution in [1.82, 2.24) is 15.2 Å². The quantitative estimate of drug-likeness (QED) is 0.703. The maximum absolute atomic E-state index is 12.0. The third-order valence-electron chi connectivity index (χ3n) is 3.55. The van der Waals surface area contributed by atoms with Gasteiger partial charge in [-0.15, -0.1) is 16.4 Å².